The highest BCUT2D eigenvalue weighted by Crippen LogP contribution is 2.27. The monoisotopic (exact) mass is 333 g/mol. The third-order valence-corrected chi connectivity index (χ3v) is 3.88. The number of hydrogen-bond donors (Lipinski definition) is 1. The van der Waals surface area contributed by atoms with E-state index in [4.69, 9.17) is 16.7 Å². The molecule has 0 bridgehead atoms. The van der Waals surface area contributed by atoms with E-state index < -0.39 is 0 Å². The number of anilines is 1. The second kappa shape index (κ2) is 6.70. The van der Waals surface area contributed by atoms with Crippen LogP contribution >= 0.6 is 27.5 Å². The SMILES string of the molecule is OCCN1CCCN(c2ncc(Cl)cc2Br)CC1. The van der Waals surface area contributed by atoms with Crippen molar-refractivity contribution in [3.05, 3.63) is 21.8 Å². The zero-order valence-electron chi connectivity index (χ0n) is 10.1. The van der Waals surface area contributed by atoms with Crippen molar-refractivity contribution in [3.8, 4) is 0 Å². The molecular weight excluding hydrogens is 318 g/mol. The van der Waals surface area contributed by atoms with Gasteiger partial charge in [-0.1, -0.05) is 11.6 Å². The maximum absolute atomic E-state index is 8.98. The summed E-state index contributed by atoms with van der Waals surface area (Å²) in [6.07, 6.45) is 2.76. The first-order chi connectivity index (χ1) is 8.70. The van der Waals surface area contributed by atoms with Gasteiger partial charge in [0.05, 0.1) is 16.1 Å². The van der Waals surface area contributed by atoms with Gasteiger partial charge in [0.15, 0.2) is 0 Å². The zero-order valence-corrected chi connectivity index (χ0v) is 12.5. The van der Waals surface area contributed by atoms with E-state index in [1.807, 2.05) is 6.07 Å². The number of aromatic nitrogens is 1. The predicted molar refractivity (Wildman–Crippen MR) is 77.3 cm³/mol. The molecule has 1 N–H and O–H groups in total. The van der Waals surface area contributed by atoms with Gasteiger partial charge in [0.2, 0.25) is 0 Å². The first kappa shape index (κ1) is 14.1. The normalized spacial score (nSPS) is 17.8. The minimum absolute atomic E-state index is 0.225. The fourth-order valence-electron chi connectivity index (χ4n) is 2.19. The highest BCUT2D eigenvalue weighted by Gasteiger charge is 2.17. The molecule has 0 aromatic carbocycles. The van der Waals surface area contributed by atoms with Crippen molar-refractivity contribution in [2.45, 2.75) is 6.42 Å². The summed E-state index contributed by atoms with van der Waals surface area (Å²) >= 11 is 9.42. The lowest BCUT2D eigenvalue weighted by molar-refractivity contribution is 0.204. The quantitative estimate of drug-likeness (QED) is 0.918. The first-order valence-electron chi connectivity index (χ1n) is 6.10. The molecule has 1 aromatic heterocycles. The number of aliphatic hydroxyl groups excluding tert-OH is 1. The number of aliphatic hydroxyl groups is 1. The van der Waals surface area contributed by atoms with E-state index in [0.29, 0.717) is 5.02 Å². The van der Waals surface area contributed by atoms with E-state index in [1.165, 1.54) is 0 Å². The summed E-state index contributed by atoms with van der Waals surface area (Å²) in [4.78, 5) is 8.94. The van der Waals surface area contributed by atoms with Crippen LogP contribution in [-0.2, 0) is 0 Å². The molecule has 1 fully saturated rings. The molecule has 0 saturated carbocycles. The Bertz CT molecular complexity index is 405. The van der Waals surface area contributed by atoms with Crippen molar-refractivity contribution in [2.75, 3.05) is 44.2 Å². The Morgan fingerprint density at radius 3 is 2.89 bits per heavy atom. The lowest BCUT2D eigenvalue weighted by Gasteiger charge is -2.23. The summed E-state index contributed by atoms with van der Waals surface area (Å²) in [7, 11) is 0. The molecule has 2 rings (SSSR count). The summed E-state index contributed by atoms with van der Waals surface area (Å²) in [5.74, 6) is 0.949. The van der Waals surface area contributed by atoms with Gasteiger partial charge >= 0.3 is 0 Å². The van der Waals surface area contributed by atoms with Crippen molar-refractivity contribution in [2.24, 2.45) is 0 Å². The Hall–Kier alpha value is -0.360. The Balaban J connectivity index is 2.05. The predicted octanol–water partition coefficient (Wildman–Crippen LogP) is 2.00. The maximum atomic E-state index is 8.98. The van der Waals surface area contributed by atoms with Crippen molar-refractivity contribution in [1.29, 1.82) is 0 Å². The molecule has 0 unspecified atom stereocenters. The summed E-state index contributed by atoms with van der Waals surface area (Å²) in [5, 5.41) is 9.62. The van der Waals surface area contributed by atoms with Gasteiger partial charge in [-0.15, -0.1) is 0 Å². The number of halogens is 2. The Morgan fingerprint density at radius 1 is 1.33 bits per heavy atom. The topological polar surface area (TPSA) is 39.6 Å². The fourth-order valence-corrected chi connectivity index (χ4v) is 3.08. The van der Waals surface area contributed by atoms with Gasteiger partial charge in [0.1, 0.15) is 5.82 Å². The standard InChI is InChI=1S/C12H17BrClN3O/c13-11-8-10(14)9-15-12(11)17-3-1-2-16(4-5-17)6-7-18/h8-9,18H,1-7H2. The van der Waals surface area contributed by atoms with Crippen LogP contribution in [0, 0.1) is 0 Å². The van der Waals surface area contributed by atoms with E-state index in [-0.39, 0.29) is 6.61 Å². The van der Waals surface area contributed by atoms with Gasteiger partial charge in [-0.3, -0.25) is 4.90 Å². The van der Waals surface area contributed by atoms with Crippen LogP contribution in [0.25, 0.3) is 0 Å². The molecule has 0 radical (unpaired) electrons. The second-order valence-electron chi connectivity index (χ2n) is 4.36. The van der Waals surface area contributed by atoms with Gasteiger partial charge in [0, 0.05) is 32.4 Å². The Labute approximate surface area is 121 Å². The lowest BCUT2D eigenvalue weighted by Crippen LogP contribution is -2.32. The minimum Gasteiger partial charge on any atom is -0.395 e. The molecule has 0 amide bonds. The van der Waals surface area contributed by atoms with Crippen molar-refractivity contribution < 1.29 is 5.11 Å². The highest BCUT2D eigenvalue weighted by molar-refractivity contribution is 9.10. The average molecular weight is 335 g/mol. The van der Waals surface area contributed by atoms with Gasteiger partial charge in [-0.2, -0.15) is 0 Å². The highest BCUT2D eigenvalue weighted by atomic mass is 79.9. The Morgan fingerprint density at radius 2 is 2.17 bits per heavy atom. The molecule has 1 saturated heterocycles. The van der Waals surface area contributed by atoms with Crippen molar-refractivity contribution >= 4 is 33.3 Å². The van der Waals surface area contributed by atoms with E-state index in [9.17, 15) is 0 Å². The second-order valence-corrected chi connectivity index (χ2v) is 5.66. The smallest absolute Gasteiger partial charge is 0.143 e. The summed E-state index contributed by atoms with van der Waals surface area (Å²) in [6, 6.07) is 1.88. The van der Waals surface area contributed by atoms with Gasteiger partial charge in [0.25, 0.3) is 0 Å². The largest absolute Gasteiger partial charge is 0.395 e. The van der Waals surface area contributed by atoms with Crippen LogP contribution in [0.15, 0.2) is 16.7 Å². The van der Waals surface area contributed by atoms with Crippen molar-refractivity contribution in [1.82, 2.24) is 9.88 Å². The van der Waals surface area contributed by atoms with Crippen LogP contribution in [0.4, 0.5) is 5.82 Å². The molecule has 100 valence electrons. The molecule has 0 aliphatic carbocycles. The maximum Gasteiger partial charge on any atom is 0.143 e. The van der Waals surface area contributed by atoms with Gasteiger partial charge < -0.3 is 10.0 Å². The van der Waals surface area contributed by atoms with Crippen LogP contribution < -0.4 is 4.90 Å². The number of pyridine rings is 1. The number of rotatable bonds is 3. The van der Waals surface area contributed by atoms with Crippen LogP contribution in [0.3, 0.4) is 0 Å². The van der Waals surface area contributed by atoms with Crippen LogP contribution in [0.2, 0.25) is 5.02 Å². The lowest BCUT2D eigenvalue weighted by atomic mass is 10.3. The van der Waals surface area contributed by atoms with E-state index in [2.05, 4.69) is 30.7 Å². The molecule has 0 spiro atoms. The van der Waals surface area contributed by atoms with E-state index >= 15 is 0 Å². The average Bonchev–Trinajstić information content (AvgIpc) is 2.55. The molecule has 1 aromatic rings. The number of β-amino-alcohol motifs (C(OH)–C–C–N with tert-alkyl or cyclic N) is 1. The summed E-state index contributed by atoms with van der Waals surface area (Å²) in [5.41, 5.74) is 0. The van der Waals surface area contributed by atoms with Crippen LogP contribution in [-0.4, -0.2) is 54.3 Å². The zero-order chi connectivity index (χ0) is 13.0. The molecule has 2 heterocycles. The van der Waals surface area contributed by atoms with Crippen molar-refractivity contribution in [3.63, 3.8) is 0 Å². The molecule has 6 heteroatoms. The minimum atomic E-state index is 0.225. The molecular formula is C12H17BrClN3O. The fraction of sp³-hybridized carbons (Fsp3) is 0.583. The summed E-state index contributed by atoms with van der Waals surface area (Å²) < 4.78 is 0.936. The van der Waals surface area contributed by atoms with E-state index in [1.54, 1.807) is 6.20 Å². The molecule has 4 nitrogen and oxygen atoms in total. The summed E-state index contributed by atoms with van der Waals surface area (Å²) in [6.45, 7) is 4.87. The third kappa shape index (κ3) is 3.57. The molecule has 1 aliphatic rings. The molecule has 18 heavy (non-hydrogen) atoms. The first-order valence-corrected chi connectivity index (χ1v) is 7.27. The van der Waals surface area contributed by atoms with E-state index in [0.717, 1.165) is 49.4 Å². The van der Waals surface area contributed by atoms with Gasteiger partial charge in [-0.05, 0) is 35.0 Å². The number of hydrogen-bond acceptors (Lipinski definition) is 4. The van der Waals surface area contributed by atoms with Gasteiger partial charge in [-0.25, -0.2) is 4.98 Å². The Kier molecular flexibility index (Phi) is 5.24. The third-order valence-electron chi connectivity index (χ3n) is 3.09. The molecule has 1 aliphatic heterocycles. The van der Waals surface area contributed by atoms with Crippen LogP contribution in [0.1, 0.15) is 6.42 Å². The van der Waals surface area contributed by atoms with Crippen LogP contribution in [0.5, 0.6) is 0 Å². The molecule has 0 atom stereocenters. The number of nitrogens with zero attached hydrogens (tertiary/aromatic N) is 3.